The van der Waals surface area contributed by atoms with Gasteiger partial charge in [-0.25, -0.2) is 0 Å². The van der Waals surface area contributed by atoms with Crippen LogP contribution in [0.1, 0.15) is 39.3 Å². The van der Waals surface area contributed by atoms with Gasteiger partial charge < -0.3 is 0 Å². The Labute approximate surface area is 146 Å². The van der Waals surface area contributed by atoms with Crippen LogP contribution >= 0.6 is 15.9 Å². The summed E-state index contributed by atoms with van der Waals surface area (Å²) in [7, 11) is 0. The summed E-state index contributed by atoms with van der Waals surface area (Å²) in [5.74, 6) is 0.333. The molecule has 0 saturated carbocycles. The largest absolute Gasteiger partial charge is 0.0619 e. The average Bonchev–Trinajstić information content (AvgIpc) is 2.81. The minimum atomic E-state index is 0.333. The van der Waals surface area contributed by atoms with E-state index in [2.05, 4.69) is 91.3 Å². The molecule has 1 aliphatic carbocycles. The first-order valence-corrected chi connectivity index (χ1v) is 8.82. The Morgan fingerprint density at radius 2 is 1.39 bits per heavy atom. The van der Waals surface area contributed by atoms with Crippen molar-refractivity contribution in [3.05, 3.63) is 92.5 Å². The van der Waals surface area contributed by atoms with Crippen LogP contribution in [0.15, 0.2) is 59.1 Å². The van der Waals surface area contributed by atoms with E-state index in [0.29, 0.717) is 5.92 Å². The Morgan fingerprint density at radius 3 is 2.13 bits per heavy atom. The maximum Gasteiger partial charge on any atom is 0.0357 e. The number of hydrogen-bond acceptors (Lipinski definition) is 0. The predicted molar refractivity (Wildman–Crippen MR) is 101 cm³/mol. The van der Waals surface area contributed by atoms with Crippen LogP contribution in [0.4, 0.5) is 0 Å². The zero-order chi connectivity index (χ0) is 16.1. The molecule has 0 N–H and O–H groups in total. The molecule has 0 aromatic heterocycles. The highest BCUT2D eigenvalue weighted by molar-refractivity contribution is 9.10. The lowest BCUT2D eigenvalue weighted by Gasteiger charge is -2.20. The lowest BCUT2D eigenvalue weighted by atomic mass is 9.83. The summed E-state index contributed by atoms with van der Waals surface area (Å²) in [5.41, 5.74) is 11.1. The van der Waals surface area contributed by atoms with Crippen molar-refractivity contribution in [2.24, 2.45) is 0 Å². The summed E-state index contributed by atoms with van der Waals surface area (Å²) in [6.45, 7) is 6.67. The quantitative estimate of drug-likeness (QED) is 0.360. The van der Waals surface area contributed by atoms with Gasteiger partial charge in [-0.15, -0.1) is 0 Å². The third-order valence-electron chi connectivity index (χ3n) is 4.91. The van der Waals surface area contributed by atoms with E-state index >= 15 is 0 Å². The van der Waals surface area contributed by atoms with E-state index in [1.807, 2.05) is 0 Å². The van der Waals surface area contributed by atoms with E-state index < -0.39 is 0 Å². The van der Waals surface area contributed by atoms with Crippen LogP contribution in [0.3, 0.4) is 0 Å². The number of benzene rings is 3. The monoisotopic (exact) mass is 362 g/mol. The fraction of sp³-hybridized carbons (Fsp3) is 0.182. The zero-order valence-corrected chi connectivity index (χ0v) is 15.2. The fourth-order valence-corrected chi connectivity index (χ4v) is 4.52. The molecule has 23 heavy (non-hydrogen) atoms. The summed E-state index contributed by atoms with van der Waals surface area (Å²) >= 11 is 3.66. The van der Waals surface area contributed by atoms with Gasteiger partial charge >= 0.3 is 0 Å². The van der Waals surface area contributed by atoms with E-state index in [1.54, 1.807) is 0 Å². The molecule has 0 fully saturated rings. The van der Waals surface area contributed by atoms with Gasteiger partial charge in [-0.2, -0.15) is 0 Å². The van der Waals surface area contributed by atoms with Gasteiger partial charge in [0.1, 0.15) is 0 Å². The first-order chi connectivity index (χ1) is 11.1. The molecule has 1 atom stereocenters. The van der Waals surface area contributed by atoms with Crippen LogP contribution < -0.4 is 0 Å². The highest BCUT2D eigenvalue weighted by Crippen LogP contribution is 2.50. The van der Waals surface area contributed by atoms with Crippen LogP contribution in [0.25, 0.3) is 11.1 Å². The second-order valence-corrected chi connectivity index (χ2v) is 7.48. The molecule has 3 aromatic rings. The Kier molecular flexibility index (Phi) is 3.42. The van der Waals surface area contributed by atoms with E-state index in [4.69, 9.17) is 0 Å². The van der Waals surface area contributed by atoms with Crippen molar-refractivity contribution in [1.82, 2.24) is 0 Å². The van der Waals surface area contributed by atoms with Crippen LogP contribution in [0.2, 0.25) is 0 Å². The molecular formula is C22H19Br. The molecular weight excluding hydrogens is 344 g/mol. The molecule has 0 amide bonds. The number of rotatable bonds is 1. The fourth-order valence-electron chi connectivity index (χ4n) is 4.14. The number of hydrogen-bond donors (Lipinski definition) is 0. The molecule has 1 aliphatic rings. The summed E-state index contributed by atoms with van der Waals surface area (Å²) in [6.07, 6.45) is 0. The Hall–Kier alpha value is -1.86. The van der Waals surface area contributed by atoms with Crippen molar-refractivity contribution in [2.45, 2.75) is 26.7 Å². The summed E-state index contributed by atoms with van der Waals surface area (Å²) in [5, 5.41) is 0. The van der Waals surface area contributed by atoms with Crippen LogP contribution in [-0.2, 0) is 0 Å². The van der Waals surface area contributed by atoms with Gasteiger partial charge in [0.2, 0.25) is 0 Å². The number of halogens is 1. The molecule has 4 rings (SSSR count). The molecule has 0 spiro atoms. The molecule has 0 aliphatic heterocycles. The third-order valence-corrected chi connectivity index (χ3v) is 5.41. The second kappa shape index (κ2) is 5.35. The van der Waals surface area contributed by atoms with Crippen LogP contribution in [0, 0.1) is 20.8 Å². The Bertz CT molecular complexity index is 898. The molecule has 0 bridgehead atoms. The van der Waals surface area contributed by atoms with Crippen molar-refractivity contribution < 1.29 is 0 Å². The van der Waals surface area contributed by atoms with Crippen LogP contribution in [-0.4, -0.2) is 0 Å². The maximum absolute atomic E-state index is 3.66. The highest BCUT2D eigenvalue weighted by Gasteiger charge is 2.31. The lowest BCUT2D eigenvalue weighted by Crippen LogP contribution is -2.05. The van der Waals surface area contributed by atoms with Crippen molar-refractivity contribution >= 4 is 15.9 Å². The normalized spacial score (nSPS) is 15.4. The summed E-state index contributed by atoms with van der Waals surface area (Å²) < 4.78 is 1.15. The second-order valence-electron chi connectivity index (χ2n) is 6.56. The molecule has 1 heteroatoms. The minimum absolute atomic E-state index is 0.333. The Balaban J connectivity index is 2.05. The molecule has 0 heterocycles. The molecule has 114 valence electrons. The van der Waals surface area contributed by atoms with Crippen molar-refractivity contribution in [2.75, 3.05) is 0 Å². The van der Waals surface area contributed by atoms with Crippen molar-refractivity contribution in [3.63, 3.8) is 0 Å². The Morgan fingerprint density at radius 1 is 0.739 bits per heavy atom. The van der Waals surface area contributed by atoms with Gasteiger partial charge in [0.05, 0.1) is 0 Å². The molecule has 3 aromatic carbocycles. The smallest absolute Gasteiger partial charge is 0.0357 e. The summed E-state index contributed by atoms with van der Waals surface area (Å²) in [6, 6.07) is 20.1. The van der Waals surface area contributed by atoms with Crippen LogP contribution in [0.5, 0.6) is 0 Å². The maximum atomic E-state index is 3.66. The SMILES string of the molecule is Cc1cc(C)c(C2c3ccccc3-c3ccc(Br)cc32)c(C)c1. The predicted octanol–water partition coefficient (Wildman–Crippen LogP) is 6.53. The first-order valence-electron chi connectivity index (χ1n) is 8.03. The van der Waals surface area contributed by atoms with E-state index in [9.17, 15) is 0 Å². The first kappa shape index (κ1) is 14.7. The van der Waals surface area contributed by atoms with Crippen molar-refractivity contribution in [1.29, 1.82) is 0 Å². The standard InChI is InChI=1S/C22H19Br/c1-13-10-14(2)21(15(3)11-13)22-19-7-5-4-6-17(19)18-9-8-16(23)12-20(18)22/h4-12,22H,1-3H3. The molecule has 0 radical (unpaired) electrons. The zero-order valence-electron chi connectivity index (χ0n) is 13.7. The molecule has 0 saturated heterocycles. The van der Waals surface area contributed by atoms with E-state index in [1.165, 1.54) is 44.5 Å². The van der Waals surface area contributed by atoms with E-state index in [-0.39, 0.29) is 0 Å². The molecule has 0 nitrogen and oxygen atoms in total. The highest BCUT2D eigenvalue weighted by atomic mass is 79.9. The van der Waals surface area contributed by atoms with Gasteiger partial charge in [0, 0.05) is 10.4 Å². The topological polar surface area (TPSA) is 0 Å². The van der Waals surface area contributed by atoms with Gasteiger partial charge in [-0.3, -0.25) is 0 Å². The van der Waals surface area contributed by atoms with Gasteiger partial charge in [-0.05, 0) is 71.8 Å². The van der Waals surface area contributed by atoms with Crippen molar-refractivity contribution in [3.8, 4) is 11.1 Å². The third kappa shape index (κ3) is 2.26. The van der Waals surface area contributed by atoms with Gasteiger partial charge in [0.15, 0.2) is 0 Å². The number of fused-ring (bicyclic) bond motifs is 3. The number of aryl methyl sites for hydroxylation is 3. The van der Waals surface area contributed by atoms with E-state index in [0.717, 1.165) is 4.47 Å². The summed E-state index contributed by atoms with van der Waals surface area (Å²) in [4.78, 5) is 0. The molecule has 1 unspecified atom stereocenters. The van der Waals surface area contributed by atoms with Gasteiger partial charge in [0.25, 0.3) is 0 Å². The van der Waals surface area contributed by atoms with Gasteiger partial charge in [-0.1, -0.05) is 64.0 Å². The average molecular weight is 363 g/mol. The lowest BCUT2D eigenvalue weighted by molar-refractivity contribution is 0.974. The minimum Gasteiger partial charge on any atom is -0.0619 e.